The second kappa shape index (κ2) is 6.20. The van der Waals surface area contributed by atoms with Crippen molar-refractivity contribution < 1.29 is 11.6 Å². The van der Waals surface area contributed by atoms with Crippen molar-refractivity contribution in [1.29, 1.82) is 0 Å². The van der Waals surface area contributed by atoms with Crippen LogP contribution >= 0.6 is 0 Å². The minimum atomic E-state index is -2.47. The van der Waals surface area contributed by atoms with Gasteiger partial charge in [0, 0.05) is 37.3 Å². The normalized spacial score (nSPS) is 31.5. The van der Waals surface area contributed by atoms with E-state index in [1.165, 1.54) is 0 Å². The quantitative estimate of drug-likeness (QED) is 0.941. The van der Waals surface area contributed by atoms with Crippen molar-refractivity contribution in [2.45, 2.75) is 57.2 Å². The molecule has 2 aromatic rings. The van der Waals surface area contributed by atoms with Gasteiger partial charge in [0.05, 0.1) is 5.52 Å². The molecular formula is C19H26N4O. The number of piperidine rings is 2. The van der Waals surface area contributed by atoms with Crippen LogP contribution in [0.1, 0.15) is 56.4 Å². The van der Waals surface area contributed by atoms with Gasteiger partial charge in [-0.05, 0) is 38.2 Å². The number of nitrogens with one attached hydrogen (secondary N) is 1. The number of fused-ring (bicyclic) bond motifs is 3. The zero-order valence-corrected chi connectivity index (χ0v) is 13.8. The monoisotopic (exact) mass is 331 g/mol. The summed E-state index contributed by atoms with van der Waals surface area (Å²) < 4.78 is 40.3. The number of aryl methyl sites for hydroxylation is 1. The molecule has 2 unspecified atom stereocenters. The first-order chi connectivity index (χ1) is 13.6. The van der Waals surface area contributed by atoms with Crippen LogP contribution in [0.3, 0.4) is 0 Å². The lowest BCUT2D eigenvalue weighted by atomic mass is 9.81. The molecule has 2 atom stereocenters. The minimum Gasteiger partial charge on any atom is -0.348 e. The number of carbonyl (C=O) groups excluding carboxylic acids is 1. The molecule has 128 valence electrons. The highest BCUT2D eigenvalue weighted by molar-refractivity contribution is 6.04. The Hall–Kier alpha value is -1.88. The van der Waals surface area contributed by atoms with Crippen LogP contribution in [0.4, 0.5) is 0 Å². The van der Waals surface area contributed by atoms with Crippen LogP contribution in [0, 0.1) is 0 Å². The Morgan fingerprint density at radius 3 is 2.83 bits per heavy atom. The van der Waals surface area contributed by atoms with Gasteiger partial charge in [0.25, 0.3) is 5.91 Å². The fourth-order valence-corrected chi connectivity index (χ4v) is 4.35. The van der Waals surface area contributed by atoms with Gasteiger partial charge in [0.1, 0.15) is 0 Å². The third-order valence-electron chi connectivity index (χ3n) is 5.37. The molecule has 5 heteroatoms. The zero-order chi connectivity index (χ0) is 21.0. The second-order valence-corrected chi connectivity index (χ2v) is 6.79. The number of para-hydroxylation sites is 1. The summed E-state index contributed by atoms with van der Waals surface area (Å²) in [6, 6.07) is 6.97. The summed E-state index contributed by atoms with van der Waals surface area (Å²) in [7, 11) is 0. The zero-order valence-electron chi connectivity index (χ0n) is 18.8. The van der Waals surface area contributed by atoms with Gasteiger partial charge in [0.2, 0.25) is 0 Å². The maximum absolute atomic E-state index is 13.0. The average Bonchev–Trinajstić information content (AvgIpc) is 3.00. The van der Waals surface area contributed by atoms with Gasteiger partial charge in [0.15, 0.2) is 5.69 Å². The van der Waals surface area contributed by atoms with Gasteiger partial charge in [-0.2, -0.15) is 5.10 Å². The molecule has 1 amide bonds. The van der Waals surface area contributed by atoms with Crippen molar-refractivity contribution in [1.82, 2.24) is 20.0 Å². The summed E-state index contributed by atoms with van der Waals surface area (Å²) in [5, 5.41) is 7.69. The Morgan fingerprint density at radius 2 is 2.12 bits per heavy atom. The molecule has 2 aliphatic rings. The number of nitrogens with zero attached hydrogens (tertiary/aromatic N) is 3. The predicted molar refractivity (Wildman–Crippen MR) is 95.0 cm³/mol. The molecule has 24 heavy (non-hydrogen) atoms. The summed E-state index contributed by atoms with van der Waals surface area (Å²) in [4.78, 5) is 15.0. The highest BCUT2D eigenvalue weighted by atomic mass is 16.2. The third kappa shape index (κ3) is 2.61. The molecule has 2 bridgehead atoms. The first kappa shape index (κ1) is 10.9. The minimum absolute atomic E-state index is 0.0759. The van der Waals surface area contributed by atoms with E-state index in [1.54, 1.807) is 31.2 Å². The van der Waals surface area contributed by atoms with Gasteiger partial charge in [-0.1, -0.05) is 31.5 Å². The first-order valence-corrected chi connectivity index (χ1v) is 8.63. The second-order valence-electron chi connectivity index (χ2n) is 6.79. The Morgan fingerprint density at radius 1 is 1.38 bits per heavy atom. The van der Waals surface area contributed by atoms with Crippen LogP contribution in [-0.2, 0) is 6.98 Å². The van der Waals surface area contributed by atoms with Crippen LogP contribution in [-0.4, -0.2) is 45.2 Å². The number of hydrogen-bond donors (Lipinski definition) is 1. The van der Waals surface area contributed by atoms with Crippen molar-refractivity contribution in [2.24, 2.45) is 6.98 Å². The van der Waals surface area contributed by atoms with Gasteiger partial charge < -0.3 is 5.32 Å². The fourth-order valence-electron chi connectivity index (χ4n) is 4.35. The predicted octanol–water partition coefficient (Wildman–Crippen LogP) is 2.71. The van der Waals surface area contributed by atoms with Crippen molar-refractivity contribution in [2.75, 3.05) is 6.50 Å². The van der Waals surface area contributed by atoms with Gasteiger partial charge in [-0.3, -0.25) is 14.4 Å². The van der Waals surface area contributed by atoms with E-state index in [-0.39, 0.29) is 29.7 Å². The maximum atomic E-state index is 13.0. The fraction of sp³-hybridized carbons (Fsp3) is 0.579. The molecule has 3 heterocycles. The average molecular weight is 331 g/mol. The Kier molecular flexibility index (Phi) is 2.81. The van der Waals surface area contributed by atoms with Crippen LogP contribution in [0.15, 0.2) is 24.3 Å². The number of hydrogen-bond acceptors (Lipinski definition) is 3. The summed E-state index contributed by atoms with van der Waals surface area (Å²) in [5.74, 6) is -0.375. The Balaban J connectivity index is 1.57. The highest BCUT2D eigenvalue weighted by Gasteiger charge is 2.38. The molecule has 2 fully saturated rings. The summed E-state index contributed by atoms with van der Waals surface area (Å²) in [5.41, 5.74) is 0.527. The molecule has 0 aliphatic carbocycles. The van der Waals surface area contributed by atoms with Crippen molar-refractivity contribution in [3.63, 3.8) is 0 Å². The highest BCUT2D eigenvalue weighted by Crippen LogP contribution is 2.33. The number of benzene rings is 1. The molecule has 1 aromatic heterocycles. The maximum Gasteiger partial charge on any atom is 0.272 e. The van der Waals surface area contributed by atoms with Gasteiger partial charge in [-0.25, -0.2) is 0 Å². The Labute approximate surface area is 150 Å². The lowest BCUT2D eigenvalue weighted by molar-refractivity contribution is 0.0288. The van der Waals surface area contributed by atoms with E-state index in [0.29, 0.717) is 23.7 Å². The van der Waals surface area contributed by atoms with Gasteiger partial charge >= 0.3 is 0 Å². The molecule has 2 aliphatic heterocycles. The number of carbonyl (C=O) groups is 1. The number of amides is 1. The van der Waals surface area contributed by atoms with Crippen molar-refractivity contribution >= 4 is 16.8 Å². The molecular weight excluding hydrogens is 300 g/mol. The smallest absolute Gasteiger partial charge is 0.272 e. The van der Waals surface area contributed by atoms with E-state index in [1.807, 2.05) is 4.90 Å². The van der Waals surface area contributed by atoms with E-state index in [4.69, 9.17) is 6.85 Å². The number of aromatic nitrogens is 2. The van der Waals surface area contributed by atoms with E-state index in [0.717, 1.165) is 23.9 Å². The molecule has 0 spiro atoms. The van der Waals surface area contributed by atoms with E-state index < -0.39 is 13.5 Å². The molecule has 0 saturated carbocycles. The summed E-state index contributed by atoms with van der Waals surface area (Å²) >= 11 is 0. The molecule has 0 radical (unpaired) electrons. The lowest BCUT2D eigenvalue weighted by Crippen LogP contribution is -2.56. The molecule has 2 saturated heterocycles. The number of rotatable bonds is 3. The molecule has 1 N–H and O–H groups in total. The van der Waals surface area contributed by atoms with E-state index in [2.05, 4.69) is 10.4 Å². The van der Waals surface area contributed by atoms with E-state index in [9.17, 15) is 4.79 Å². The van der Waals surface area contributed by atoms with E-state index >= 15 is 0 Å². The SMILES string of the molecule is [2H]C([2H])(C)N1C2CCCC1CC(NC(=O)c1nn(C([2H])([2H])[2H])c3ccccc13)C2. The van der Waals surface area contributed by atoms with Gasteiger partial charge in [-0.15, -0.1) is 0 Å². The summed E-state index contributed by atoms with van der Waals surface area (Å²) in [6.45, 7) is -2.24. The third-order valence-corrected chi connectivity index (χ3v) is 5.37. The Bertz CT molecular complexity index is 905. The molecule has 1 aromatic carbocycles. The van der Waals surface area contributed by atoms with Crippen molar-refractivity contribution in [3.8, 4) is 0 Å². The van der Waals surface area contributed by atoms with Crippen LogP contribution in [0.5, 0.6) is 0 Å². The topological polar surface area (TPSA) is 50.2 Å². The lowest BCUT2D eigenvalue weighted by Gasteiger charge is -2.48. The largest absolute Gasteiger partial charge is 0.348 e. The molecule has 5 nitrogen and oxygen atoms in total. The molecule has 4 rings (SSSR count). The standard InChI is InChI=1S/C19H26N4O/c1-3-23-14-7-6-8-15(23)12-13(11-14)20-19(24)18-16-9-4-5-10-17(16)22(2)21-18/h4-5,9-10,13-15H,3,6-8,11-12H2,1-2H3,(H,20,24)/i2D3,3D2. The van der Waals surface area contributed by atoms with Crippen LogP contribution in [0.2, 0.25) is 0 Å². The van der Waals surface area contributed by atoms with Crippen molar-refractivity contribution in [3.05, 3.63) is 30.0 Å². The first-order valence-electron chi connectivity index (χ1n) is 11.1. The van der Waals surface area contributed by atoms with Crippen LogP contribution in [0.25, 0.3) is 10.9 Å². The summed E-state index contributed by atoms with van der Waals surface area (Å²) in [6.07, 6.45) is 4.30. The van der Waals surface area contributed by atoms with Crippen LogP contribution < -0.4 is 5.32 Å².